The van der Waals surface area contributed by atoms with E-state index in [-0.39, 0.29) is 22.7 Å². The first-order chi connectivity index (χ1) is 13.3. The van der Waals surface area contributed by atoms with Gasteiger partial charge in [-0.1, -0.05) is 19.9 Å². The van der Waals surface area contributed by atoms with Crippen LogP contribution in [0.1, 0.15) is 53.0 Å². The zero-order valence-electron chi connectivity index (χ0n) is 15.7. The molecule has 0 atom stereocenters. The Bertz CT molecular complexity index is 831. The molecule has 2 amide bonds. The van der Waals surface area contributed by atoms with E-state index >= 15 is 0 Å². The highest BCUT2D eigenvalue weighted by molar-refractivity contribution is 6.05. The first-order valence-corrected chi connectivity index (χ1v) is 8.99. The lowest BCUT2D eigenvalue weighted by Crippen LogP contribution is -2.32. The lowest BCUT2D eigenvalue weighted by molar-refractivity contribution is -0.137. The molecule has 0 aliphatic rings. The second-order valence-corrected chi connectivity index (χ2v) is 6.29. The summed E-state index contributed by atoms with van der Waals surface area (Å²) in [7, 11) is 0. The Morgan fingerprint density at radius 3 is 2.29 bits per heavy atom. The molecule has 2 rings (SSSR count). The highest BCUT2D eigenvalue weighted by Gasteiger charge is 2.30. The number of halogens is 3. The van der Waals surface area contributed by atoms with Gasteiger partial charge in [0.2, 0.25) is 0 Å². The predicted molar refractivity (Wildman–Crippen MR) is 100 cm³/mol. The number of carbonyl (C=O) groups excluding carboxylic acids is 2. The van der Waals surface area contributed by atoms with Crippen LogP contribution in [-0.2, 0) is 6.18 Å². The number of anilines is 1. The van der Waals surface area contributed by atoms with E-state index in [0.29, 0.717) is 13.1 Å². The molecular formula is C20H22F3N3O2. The standard InChI is InChI=1S/C20H22F3N3O2/c1-3-8-26(9-4-2)19(28)15-10-14(12-24-13-15)18(27)25-17-7-5-6-16(11-17)20(21,22)23/h5-7,10-13H,3-4,8-9H2,1-2H3,(H,25,27). The van der Waals surface area contributed by atoms with Crippen LogP contribution >= 0.6 is 0 Å². The molecule has 0 spiro atoms. The van der Waals surface area contributed by atoms with Crippen LogP contribution in [0.4, 0.5) is 18.9 Å². The number of hydrogen-bond donors (Lipinski definition) is 1. The van der Waals surface area contributed by atoms with Crippen molar-refractivity contribution in [2.75, 3.05) is 18.4 Å². The van der Waals surface area contributed by atoms with Gasteiger partial charge in [-0.15, -0.1) is 0 Å². The number of hydrogen-bond acceptors (Lipinski definition) is 3. The molecule has 0 unspecified atom stereocenters. The molecule has 0 aliphatic carbocycles. The molecule has 150 valence electrons. The lowest BCUT2D eigenvalue weighted by atomic mass is 10.1. The summed E-state index contributed by atoms with van der Waals surface area (Å²) in [4.78, 5) is 30.7. The Morgan fingerprint density at radius 1 is 1.04 bits per heavy atom. The van der Waals surface area contributed by atoms with Crippen LogP contribution in [0, 0.1) is 0 Å². The van der Waals surface area contributed by atoms with E-state index in [1.165, 1.54) is 30.6 Å². The van der Waals surface area contributed by atoms with Gasteiger partial charge in [0, 0.05) is 31.2 Å². The van der Waals surface area contributed by atoms with Gasteiger partial charge in [-0.3, -0.25) is 14.6 Å². The molecule has 0 saturated heterocycles. The molecule has 2 aromatic rings. The minimum Gasteiger partial charge on any atom is -0.339 e. The fourth-order valence-corrected chi connectivity index (χ4v) is 2.69. The molecule has 1 aromatic heterocycles. The molecule has 0 saturated carbocycles. The van der Waals surface area contributed by atoms with Crippen molar-refractivity contribution in [3.05, 3.63) is 59.4 Å². The molecule has 1 N–H and O–H groups in total. The number of amides is 2. The zero-order valence-corrected chi connectivity index (χ0v) is 15.7. The Balaban J connectivity index is 2.19. The Kier molecular flexibility index (Phi) is 7.14. The number of benzene rings is 1. The summed E-state index contributed by atoms with van der Waals surface area (Å²) in [6.07, 6.45) is -0.258. The van der Waals surface area contributed by atoms with Gasteiger partial charge in [0.1, 0.15) is 0 Å². The van der Waals surface area contributed by atoms with E-state index < -0.39 is 17.6 Å². The number of nitrogens with one attached hydrogen (secondary N) is 1. The van der Waals surface area contributed by atoms with Crippen molar-refractivity contribution in [3.8, 4) is 0 Å². The maximum atomic E-state index is 12.8. The smallest absolute Gasteiger partial charge is 0.339 e. The van der Waals surface area contributed by atoms with Crippen LogP contribution in [-0.4, -0.2) is 34.8 Å². The van der Waals surface area contributed by atoms with Crippen LogP contribution in [0.15, 0.2) is 42.7 Å². The van der Waals surface area contributed by atoms with Gasteiger partial charge in [-0.2, -0.15) is 13.2 Å². The van der Waals surface area contributed by atoms with Gasteiger partial charge in [0.15, 0.2) is 0 Å². The van der Waals surface area contributed by atoms with Crippen LogP contribution < -0.4 is 5.32 Å². The average Bonchev–Trinajstić information content (AvgIpc) is 2.67. The molecule has 0 radical (unpaired) electrons. The summed E-state index contributed by atoms with van der Waals surface area (Å²) in [5.74, 6) is -0.871. The van der Waals surface area contributed by atoms with Crippen LogP contribution in [0.2, 0.25) is 0 Å². The van der Waals surface area contributed by atoms with Gasteiger partial charge in [0.05, 0.1) is 16.7 Å². The third-order valence-electron chi connectivity index (χ3n) is 3.97. The molecule has 28 heavy (non-hydrogen) atoms. The number of nitrogens with zero attached hydrogens (tertiary/aromatic N) is 2. The molecule has 1 heterocycles. The first kappa shape index (κ1) is 21.4. The molecule has 0 bridgehead atoms. The van der Waals surface area contributed by atoms with E-state index in [1.54, 1.807) is 4.90 Å². The minimum atomic E-state index is -4.50. The topological polar surface area (TPSA) is 62.3 Å². The Morgan fingerprint density at radius 2 is 1.68 bits per heavy atom. The number of pyridine rings is 1. The minimum absolute atomic E-state index is 0.00940. The fraction of sp³-hybridized carbons (Fsp3) is 0.350. The van der Waals surface area contributed by atoms with Crippen LogP contribution in [0.25, 0.3) is 0 Å². The van der Waals surface area contributed by atoms with Crippen molar-refractivity contribution in [1.29, 1.82) is 0 Å². The number of rotatable bonds is 7. The molecule has 0 fully saturated rings. The van der Waals surface area contributed by atoms with Gasteiger partial charge < -0.3 is 10.2 Å². The molecule has 0 aliphatic heterocycles. The van der Waals surface area contributed by atoms with Crippen molar-refractivity contribution < 1.29 is 22.8 Å². The first-order valence-electron chi connectivity index (χ1n) is 8.99. The number of alkyl halides is 3. The summed E-state index contributed by atoms with van der Waals surface area (Å²) in [5, 5.41) is 2.41. The second-order valence-electron chi connectivity index (χ2n) is 6.29. The molecule has 1 aromatic carbocycles. The summed E-state index contributed by atoms with van der Waals surface area (Å²) in [6.45, 7) is 5.11. The van der Waals surface area contributed by atoms with Crippen molar-refractivity contribution in [2.45, 2.75) is 32.9 Å². The average molecular weight is 393 g/mol. The summed E-state index contributed by atoms with van der Waals surface area (Å²) in [6, 6.07) is 5.75. The van der Waals surface area contributed by atoms with E-state index in [2.05, 4.69) is 10.3 Å². The summed E-state index contributed by atoms with van der Waals surface area (Å²) >= 11 is 0. The van der Waals surface area contributed by atoms with Crippen molar-refractivity contribution in [2.24, 2.45) is 0 Å². The Labute approximate surface area is 161 Å². The van der Waals surface area contributed by atoms with Crippen LogP contribution in [0.3, 0.4) is 0 Å². The summed E-state index contributed by atoms with van der Waals surface area (Å²) in [5.41, 5.74) is -0.493. The molecular weight excluding hydrogens is 371 g/mol. The monoisotopic (exact) mass is 393 g/mol. The maximum Gasteiger partial charge on any atom is 0.416 e. The third-order valence-corrected chi connectivity index (χ3v) is 3.97. The third kappa shape index (κ3) is 5.55. The quantitative estimate of drug-likeness (QED) is 0.747. The largest absolute Gasteiger partial charge is 0.416 e. The van der Waals surface area contributed by atoms with Crippen molar-refractivity contribution >= 4 is 17.5 Å². The fourth-order valence-electron chi connectivity index (χ4n) is 2.69. The highest BCUT2D eigenvalue weighted by Crippen LogP contribution is 2.30. The highest BCUT2D eigenvalue weighted by atomic mass is 19.4. The zero-order chi connectivity index (χ0) is 20.7. The van der Waals surface area contributed by atoms with Gasteiger partial charge >= 0.3 is 6.18 Å². The maximum absolute atomic E-state index is 12.8. The van der Waals surface area contributed by atoms with E-state index in [4.69, 9.17) is 0 Å². The Hall–Kier alpha value is -2.90. The van der Waals surface area contributed by atoms with Gasteiger partial charge in [-0.05, 0) is 37.1 Å². The van der Waals surface area contributed by atoms with Crippen molar-refractivity contribution in [1.82, 2.24) is 9.88 Å². The number of aromatic nitrogens is 1. The van der Waals surface area contributed by atoms with E-state index in [1.807, 2.05) is 13.8 Å². The summed E-state index contributed by atoms with van der Waals surface area (Å²) < 4.78 is 38.4. The van der Waals surface area contributed by atoms with Crippen molar-refractivity contribution in [3.63, 3.8) is 0 Å². The van der Waals surface area contributed by atoms with Gasteiger partial charge in [-0.25, -0.2) is 0 Å². The predicted octanol–water partition coefficient (Wildman–Crippen LogP) is 4.61. The second kappa shape index (κ2) is 9.34. The SMILES string of the molecule is CCCN(CCC)C(=O)c1cncc(C(=O)Nc2cccc(C(F)(F)F)c2)c1. The van der Waals surface area contributed by atoms with Gasteiger partial charge in [0.25, 0.3) is 11.8 Å². The lowest BCUT2D eigenvalue weighted by Gasteiger charge is -2.21. The number of carbonyl (C=O) groups is 2. The molecule has 5 nitrogen and oxygen atoms in total. The van der Waals surface area contributed by atoms with E-state index in [0.717, 1.165) is 25.0 Å². The van der Waals surface area contributed by atoms with Crippen LogP contribution in [0.5, 0.6) is 0 Å². The normalized spacial score (nSPS) is 11.2. The molecule has 8 heteroatoms. The van der Waals surface area contributed by atoms with E-state index in [9.17, 15) is 22.8 Å².